The Morgan fingerprint density at radius 1 is 1.45 bits per heavy atom. The molecule has 66 valence electrons. The summed E-state index contributed by atoms with van der Waals surface area (Å²) >= 11 is 1.84. The van der Waals surface area contributed by atoms with Crippen LogP contribution in [-0.4, -0.2) is 17.9 Å². The van der Waals surface area contributed by atoms with Crippen molar-refractivity contribution in [2.24, 2.45) is 5.84 Å². The first-order valence-corrected chi connectivity index (χ1v) is 5.19. The molecule has 0 heterocycles. The molecule has 0 spiro atoms. The summed E-state index contributed by atoms with van der Waals surface area (Å²) in [6.07, 6.45) is 5.91. The monoisotopic (exact) mass is 176 g/mol. The SMILES string of the molecule is CSCCCCCC(=O)NN. The van der Waals surface area contributed by atoms with Gasteiger partial charge < -0.3 is 0 Å². The number of amides is 1. The first kappa shape index (κ1) is 10.8. The minimum atomic E-state index is -0.0610. The van der Waals surface area contributed by atoms with E-state index in [9.17, 15) is 4.79 Å². The minimum absolute atomic E-state index is 0.0610. The van der Waals surface area contributed by atoms with Crippen LogP contribution in [0, 0.1) is 0 Å². The van der Waals surface area contributed by atoms with E-state index < -0.39 is 0 Å². The number of nitrogens with one attached hydrogen (secondary N) is 1. The molecule has 0 aromatic heterocycles. The van der Waals surface area contributed by atoms with Gasteiger partial charge in [0.25, 0.3) is 0 Å². The van der Waals surface area contributed by atoms with Crippen molar-refractivity contribution in [3.05, 3.63) is 0 Å². The van der Waals surface area contributed by atoms with Gasteiger partial charge in [-0.05, 0) is 24.9 Å². The largest absolute Gasteiger partial charge is 0.294 e. The van der Waals surface area contributed by atoms with Crippen LogP contribution in [0.15, 0.2) is 0 Å². The quantitative estimate of drug-likeness (QED) is 0.274. The summed E-state index contributed by atoms with van der Waals surface area (Å²) in [4.78, 5) is 10.6. The van der Waals surface area contributed by atoms with Gasteiger partial charge in [-0.2, -0.15) is 11.8 Å². The molecule has 0 radical (unpaired) electrons. The van der Waals surface area contributed by atoms with Gasteiger partial charge >= 0.3 is 0 Å². The van der Waals surface area contributed by atoms with Gasteiger partial charge in [0.15, 0.2) is 0 Å². The molecule has 0 aliphatic carbocycles. The second kappa shape index (κ2) is 7.88. The molecule has 0 aliphatic heterocycles. The summed E-state index contributed by atoms with van der Waals surface area (Å²) in [5.74, 6) is 6.03. The summed E-state index contributed by atoms with van der Waals surface area (Å²) < 4.78 is 0. The van der Waals surface area contributed by atoms with Crippen LogP contribution in [0.1, 0.15) is 25.7 Å². The van der Waals surface area contributed by atoms with Crippen molar-refractivity contribution in [2.45, 2.75) is 25.7 Å². The smallest absolute Gasteiger partial charge is 0.233 e. The maximum Gasteiger partial charge on any atom is 0.233 e. The average Bonchev–Trinajstić information content (AvgIpc) is 2.04. The molecule has 0 fully saturated rings. The highest BCUT2D eigenvalue weighted by molar-refractivity contribution is 7.98. The lowest BCUT2D eigenvalue weighted by molar-refractivity contribution is -0.121. The first-order chi connectivity index (χ1) is 5.31. The second-order valence-electron chi connectivity index (χ2n) is 2.37. The molecule has 0 aliphatic rings. The molecule has 11 heavy (non-hydrogen) atoms. The van der Waals surface area contributed by atoms with Crippen LogP contribution in [0.25, 0.3) is 0 Å². The molecule has 0 aromatic rings. The normalized spacial score (nSPS) is 9.64. The van der Waals surface area contributed by atoms with E-state index in [0.29, 0.717) is 6.42 Å². The summed E-state index contributed by atoms with van der Waals surface area (Å²) in [6.45, 7) is 0. The van der Waals surface area contributed by atoms with Crippen LogP contribution >= 0.6 is 11.8 Å². The fourth-order valence-electron chi connectivity index (χ4n) is 0.781. The Morgan fingerprint density at radius 2 is 2.18 bits per heavy atom. The number of nitrogens with two attached hydrogens (primary N) is 1. The predicted molar refractivity (Wildman–Crippen MR) is 49.2 cm³/mol. The van der Waals surface area contributed by atoms with Crippen LogP contribution in [0.3, 0.4) is 0 Å². The van der Waals surface area contributed by atoms with Crippen molar-refractivity contribution in [1.29, 1.82) is 0 Å². The molecule has 0 saturated heterocycles. The van der Waals surface area contributed by atoms with E-state index in [1.807, 2.05) is 11.8 Å². The maximum absolute atomic E-state index is 10.6. The number of hydrazine groups is 1. The van der Waals surface area contributed by atoms with Gasteiger partial charge in [-0.1, -0.05) is 6.42 Å². The number of unbranched alkanes of at least 4 members (excludes halogenated alkanes) is 2. The van der Waals surface area contributed by atoms with Gasteiger partial charge in [0.2, 0.25) is 5.91 Å². The van der Waals surface area contributed by atoms with Crippen molar-refractivity contribution in [3.63, 3.8) is 0 Å². The zero-order valence-corrected chi connectivity index (χ0v) is 7.75. The fourth-order valence-corrected chi connectivity index (χ4v) is 1.27. The second-order valence-corrected chi connectivity index (χ2v) is 3.36. The van der Waals surface area contributed by atoms with Crippen LogP contribution in [0.2, 0.25) is 0 Å². The van der Waals surface area contributed by atoms with E-state index in [1.165, 1.54) is 12.2 Å². The first-order valence-electron chi connectivity index (χ1n) is 3.79. The van der Waals surface area contributed by atoms with Gasteiger partial charge in [0.05, 0.1) is 0 Å². The van der Waals surface area contributed by atoms with Crippen molar-refractivity contribution in [1.82, 2.24) is 5.43 Å². The number of thioether (sulfide) groups is 1. The molecule has 4 heteroatoms. The molecule has 1 amide bonds. The topological polar surface area (TPSA) is 55.1 Å². The molecule has 0 unspecified atom stereocenters. The van der Waals surface area contributed by atoms with Crippen LogP contribution in [0.4, 0.5) is 0 Å². The molecule has 0 atom stereocenters. The number of rotatable bonds is 6. The highest BCUT2D eigenvalue weighted by Gasteiger charge is 1.96. The molecular formula is C7H16N2OS. The highest BCUT2D eigenvalue weighted by atomic mass is 32.2. The molecule has 3 N–H and O–H groups in total. The Morgan fingerprint density at radius 3 is 2.73 bits per heavy atom. The molecule has 0 bridgehead atoms. The van der Waals surface area contributed by atoms with E-state index in [2.05, 4.69) is 11.7 Å². The van der Waals surface area contributed by atoms with E-state index in [0.717, 1.165) is 12.8 Å². The van der Waals surface area contributed by atoms with E-state index in [4.69, 9.17) is 5.84 Å². The predicted octanol–water partition coefficient (Wildman–Crippen LogP) is 0.900. The molecule has 0 aromatic carbocycles. The van der Waals surface area contributed by atoms with E-state index in [-0.39, 0.29) is 5.91 Å². The average molecular weight is 176 g/mol. The fraction of sp³-hybridized carbons (Fsp3) is 0.857. The van der Waals surface area contributed by atoms with Crippen LogP contribution < -0.4 is 11.3 Å². The number of carbonyl (C=O) groups is 1. The van der Waals surface area contributed by atoms with Gasteiger partial charge in [0, 0.05) is 6.42 Å². The Labute approximate surface area is 72.1 Å². The molecule has 0 saturated carbocycles. The molecular weight excluding hydrogens is 160 g/mol. The lowest BCUT2D eigenvalue weighted by Crippen LogP contribution is -2.29. The maximum atomic E-state index is 10.6. The molecule has 3 nitrogen and oxygen atoms in total. The Bertz CT molecular complexity index is 109. The van der Waals surface area contributed by atoms with Crippen LogP contribution in [0.5, 0.6) is 0 Å². The Kier molecular flexibility index (Phi) is 7.72. The van der Waals surface area contributed by atoms with Gasteiger partial charge in [-0.3, -0.25) is 10.2 Å². The lowest BCUT2D eigenvalue weighted by Gasteiger charge is -1.98. The summed E-state index contributed by atoms with van der Waals surface area (Å²) in [6, 6.07) is 0. The van der Waals surface area contributed by atoms with Gasteiger partial charge in [-0.15, -0.1) is 0 Å². The zero-order valence-electron chi connectivity index (χ0n) is 6.93. The highest BCUT2D eigenvalue weighted by Crippen LogP contribution is 2.03. The lowest BCUT2D eigenvalue weighted by atomic mass is 10.2. The minimum Gasteiger partial charge on any atom is -0.294 e. The van der Waals surface area contributed by atoms with Crippen LogP contribution in [-0.2, 0) is 4.79 Å². The van der Waals surface area contributed by atoms with Gasteiger partial charge in [0.1, 0.15) is 0 Å². The summed E-state index contributed by atoms with van der Waals surface area (Å²) in [5.41, 5.74) is 2.11. The number of hydrogen-bond acceptors (Lipinski definition) is 3. The number of carbonyl (C=O) groups excluding carboxylic acids is 1. The third-order valence-corrected chi connectivity index (χ3v) is 2.11. The number of hydrogen-bond donors (Lipinski definition) is 2. The Balaban J connectivity index is 2.95. The van der Waals surface area contributed by atoms with E-state index in [1.54, 1.807) is 0 Å². The van der Waals surface area contributed by atoms with Crippen molar-refractivity contribution in [3.8, 4) is 0 Å². The zero-order chi connectivity index (χ0) is 8.53. The van der Waals surface area contributed by atoms with Crippen molar-refractivity contribution in [2.75, 3.05) is 12.0 Å². The van der Waals surface area contributed by atoms with Gasteiger partial charge in [-0.25, -0.2) is 5.84 Å². The molecule has 0 rings (SSSR count). The summed E-state index contributed by atoms with van der Waals surface area (Å²) in [5, 5.41) is 0. The van der Waals surface area contributed by atoms with Crippen molar-refractivity contribution >= 4 is 17.7 Å². The van der Waals surface area contributed by atoms with E-state index >= 15 is 0 Å². The summed E-state index contributed by atoms with van der Waals surface area (Å²) in [7, 11) is 0. The standard InChI is InChI=1S/C7H16N2OS/c1-11-6-4-2-3-5-7(10)9-8/h2-6,8H2,1H3,(H,9,10). The third kappa shape index (κ3) is 7.68. The third-order valence-electron chi connectivity index (χ3n) is 1.41. The Hall–Kier alpha value is -0.220. The van der Waals surface area contributed by atoms with Crippen molar-refractivity contribution < 1.29 is 4.79 Å².